The second-order valence-electron chi connectivity index (χ2n) is 6.06. The fraction of sp³-hybridized carbons (Fsp3) is 0.300. The Kier molecular flexibility index (Phi) is 4.74. The molecule has 1 heterocycles. The highest BCUT2D eigenvalue weighted by Crippen LogP contribution is 2.36. The van der Waals surface area contributed by atoms with Crippen molar-refractivity contribution in [2.75, 3.05) is 14.2 Å². The van der Waals surface area contributed by atoms with Crippen molar-refractivity contribution in [1.82, 2.24) is 5.01 Å². The van der Waals surface area contributed by atoms with Crippen LogP contribution in [-0.2, 0) is 4.79 Å². The molecule has 0 aromatic heterocycles. The molecule has 25 heavy (non-hydrogen) atoms. The van der Waals surface area contributed by atoms with Gasteiger partial charge in [-0.1, -0.05) is 24.3 Å². The van der Waals surface area contributed by atoms with Crippen LogP contribution in [-0.4, -0.2) is 30.8 Å². The van der Waals surface area contributed by atoms with Crippen LogP contribution < -0.4 is 9.47 Å². The predicted molar refractivity (Wildman–Crippen MR) is 97.1 cm³/mol. The molecule has 0 saturated heterocycles. The largest absolute Gasteiger partial charge is 0.493 e. The van der Waals surface area contributed by atoms with Crippen LogP contribution in [0.2, 0.25) is 0 Å². The third kappa shape index (κ3) is 3.22. The summed E-state index contributed by atoms with van der Waals surface area (Å²) in [5.74, 6) is 1.25. The van der Waals surface area contributed by atoms with Crippen molar-refractivity contribution < 1.29 is 14.3 Å². The Balaban J connectivity index is 1.98. The lowest BCUT2D eigenvalue weighted by Gasteiger charge is -2.22. The van der Waals surface area contributed by atoms with Crippen molar-refractivity contribution in [3.63, 3.8) is 0 Å². The minimum absolute atomic E-state index is 0.0660. The van der Waals surface area contributed by atoms with E-state index in [1.54, 1.807) is 26.2 Å². The van der Waals surface area contributed by atoms with E-state index < -0.39 is 0 Å². The third-order valence-electron chi connectivity index (χ3n) is 4.50. The Bertz CT molecular complexity index is 829. The van der Waals surface area contributed by atoms with Gasteiger partial charge in [-0.15, -0.1) is 0 Å². The summed E-state index contributed by atoms with van der Waals surface area (Å²) in [5.41, 5.74) is 4.07. The number of hydrogen-bond acceptors (Lipinski definition) is 4. The lowest BCUT2D eigenvalue weighted by atomic mass is 9.95. The summed E-state index contributed by atoms with van der Waals surface area (Å²) in [5, 5.41) is 6.17. The number of benzene rings is 2. The van der Waals surface area contributed by atoms with Crippen molar-refractivity contribution >= 4 is 11.6 Å². The molecule has 0 fully saturated rings. The first-order valence-electron chi connectivity index (χ1n) is 8.20. The van der Waals surface area contributed by atoms with E-state index in [9.17, 15) is 4.79 Å². The molecule has 0 unspecified atom stereocenters. The summed E-state index contributed by atoms with van der Waals surface area (Å²) in [6, 6.07) is 13.7. The Morgan fingerprint density at radius 2 is 1.84 bits per heavy atom. The number of nitrogens with zero attached hydrogens (tertiary/aromatic N) is 2. The van der Waals surface area contributed by atoms with Gasteiger partial charge in [-0.05, 0) is 36.2 Å². The molecule has 1 atom stereocenters. The first kappa shape index (κ1) is 17.0. The highest BCUT2D eigenvalue weighted by molar-refractivity contribution is 6.03. The number of hydrazone groups is 1. The minimum Gasteiger partial charge on any atom is -0.493 e. The number of aryl methyl sites for hydroxylation is 1. The molecule has 130 valence electrons. The summed E-state index contributed by atoms with van der Waals surface area (Å²) in [4.78, 5) is 12.1. The van der Waals surface area contributed by atoms with Gasteiger partial charge >= 0.3 is 0 Å². The second-order valence-corrected chi connectivity index (χ2v) is 6.06. The molecule has 1 aliphatic heterocycles. The molecular weight excluding hydrogens is 316 g/mol. The highest BCUT2D eigenvalue weighted by atomic mass is 16.5. The van der Waals surface area contributed by atoms with Crippen LogP contribution >= 0.6 is 0 Å². The molecule has 5 nitrogen and oxygen atoms in total. The van der Waals surface area contributed by atoms with Crippen molar-refractivity contribution in [1.29, 1.82) is 0 Å². The standard InChI is InChI=1S/C20H22N2O3/c1-13-7-5-6-8-16(13)18-12-17(21-22(18)14(2)23)15-9-10-19(24-3)20(11-15)25-4/h5-11,18H,12H2,1-4H3/t18-/m0/s1. The number of amides is 1. The molecule has 1 amide bonds. The van der Waals surface area contributed by atoms with Crippen LogP contribution in [0.4, 0.5) is 0 Å². The van der Waals surface area contributed by atoms with E-state index in [0.29, 0.717) is 17.9 Å². The monoisotopic (exact) mass is 338 g/mol. The van der Waals surface area contributed by atoms with Gasteiger partial charge in [0.15, 0.2) is 11.5 Å². The number of carbonyl (C=O) groups excluding carboxylic acids is 1. The van der Waals surface area contributed by atoms with Crippen LogP contribution in [0.1, 0.15) is 36.1 Å². The van der Waals surface area contributed by atoms with Gasteiger partial charge in [0.25, 0.3) is 0 Å². The molecule has 5 heteroatoms. The smallest absolute Gasteiger partial charge is 0.240 e. The van der Waals surface area contributed by atoms with Crippen molar-refractivity contribution in [3.8, 4) is 11.5 Å². The van der Waals surface area contributed by atoms with Crippen LogP contribution in [0.15, 0.2) is 47.6 Å². The lowest BCUT2D eigenvalue weighted by molar-refractivity contribution is -0.130. The van der Waals surface area contributed by atoms with E-state index in [2.05, 4.69) is 24.2 Å². The average Bonchev–Trinajstić information content (AvgIpc) is 3.07. The average molecular weight is 338 g/mol. The van der Waals surface area contributed by atoms with E-state index in [-0.39, 0.29) is 11.9 Å². The van der Waals surface area contributed by atoms with Gasteiger partial charge in [0, 0.05) is 18.9 Å². The Hall–Kier alpha value is -2.82. The highest BCUT2D eigenvalue weighted by Gasteiger charge is 2.32. The first-order chi connectivity index (χ1) is 12.0. The summed E-state index contributed by atoms with van der Waals surface area (Å²) in [6.07, 6.45) is 0.667. The lowest BCUT2D eigenvalue weighted by Crippen LogP contribution is -2.24. The zero-order chi connectivity index (χ0) is 18.0. The molecule has 0 radical (unpaired) electrons. The van der Waals surface area contributed by atoms with Gasteiger partial charge in [0.1, 0.15) is 0 Å². The van der Waals surface area contributed by atoms with Crippen molar-refractivity contribution in [2.45, 2.75) is 26.3 Å². The summed E-state index contributed by atoms with van der Waals surface area (Å²) in [7, 11) is 3.21. The summed E-state index contributed by atoms with van der Waals surface area (Å²) >= 11 is 0. The molecule has 0 N–H and O–H groups in total. The number of rotatable bonds is 4. The normalized spacial score (nSPS) is 16.6. The van der Waals surface area contributed by atoms with Crippen molar-refractivity contribution in [3.05, 3.63) is 59.2 Å². The number of hydrogen-bond donors (Lipinski definition) is 0. The summed E-state index contributed by atoms with van der Waals surface area (Å²) in [6.45, 7) is 3.61. The maximum absolute atomic E-state index is 12.1. The zero-order valence-electron chi connectivity index (χ0n) is 14.9. The number of ether oxygens (including phenoxy) is 2. The van der Waals surface area contributed by atoms with E-state index in [0.717, 1.165) is 22.4 Å². The maximum Gasteiger partial charge on any atom is 0.240 e. The predicted octanol–water partition coefficient (Wildman–Crippen LogP) is 3.71. The molecule has 2 aromatic carbocycles. The number of carbonyl (C=O) groups is 1. The van der Waals surface area contributed by atoms with Gasteiger partial charge in [0.05, 0.1) is 26.0 Å². The molecule has 1 aliphatic rings. The zero-order valence-corrected chi connectivity index (χ0v) is 14.9. The molecule has 0 aliphatic carbocycles. The second kappa shape index (κ2) is 6.97. The van der Waals surface area contributed by atoms with E-state index in [1.807, 2.05) is 30.3 Å². The molecule has 3 rings (SSSR count). The van der Waals surface area contributed by atoms with E-state index in [4.69, 9.17) is 9.47 Å². The first-order valence-corrected chi connectivity index (χ1v) is 8.20. The number of methoxy groups -OCH3 is 2. The molecule has 2 aromatic rings. The van der Waals surface area contributed by atoms with Gasteiger partial charge in [-0.2, -0.15) is 5.10 Å². The molecular formula is C20H22N2O3. The Morgan fingerprint density at radius 3 is 2.48 bits per heavy atom. The van der Waals surface area contributed by atoms with Crippen molar-refractivity contribution in [2.24, 2.45) is 5.10 Å². The fourth-order valence-electron chi connectivity index (χ4n) is 3.19. The van der Waals surface area contributed by atoms with E-state index >= 15 is 0 Å². The topological polar surface area (TPSA) is 51.1 Å². The Labute approximate surface area is 147 Å². The minimum atomic E-state index is -0.0817. The maximum atomic E-state index is 12.1. The van der Waals surface area contributed by atoms with Gasteiger partial charge in [-0.3, -0.25) is 4.79 Å². The fourth-order valence-corrected chi connectivity index (χ4v) is 3.19. The van der Waals surface area contributed by atoms with Crippen LogP contribution in [0.3, 0.4) is 0 Å². The molecule has 0 bridgehead atoms. The van der Waals surface area contributed by atoms with E-state index in [1.165, 1.54) is 0 Å². The van der Waals surface area contributed by atoms with Crippen LogP contribution in [0.5, 0.6) is 11.5 Å². The third-order valence-corrected chi connectivity index (χ3v) is 4.50. The van der Waals surface area contributed by atoms with Gasteiger partial charge < -0.3 is 9.47 Å². The Morgan fingerprint density at radius 1 is 1.12 bits per heavy atom. The van der Waals surface area contributed by atoms with Crippen LogP contribution in [0.25, 0.3) is 0 Å². The molecule has 0 saturated carbocycles. The van der Waals surface area contributed by atoms with Crippen LogP contribution in [0, 0.1) is 6.92 Å². The summed E-state index contributed by atoms with van der Waals surface area (Å²) < 4.78 is 10.7. The quantitative estimate of drug-likeness (QED) is 0.854. The molecule has 0 spiro atoms. The SMILES string of the molecule is COc1ccc(C2=NN(C(C)=O)[C@H](c3ccccc3C)C2)cc1OC. The van der Waals surface area contributed by atoms with Gasteiger partial charge in [-0.25, -0.2) is 5.01 Å². The van der Waals surface area contributed by atoms with Gasteiger partial charge in [0.2, 0.25) is 5.91 Å².